The maximum absolute atomic E-state index is 11.9. The Morgan fingerprint density at radius 2 is 2.25 bits per heavy atom. The van der Waals surface area contributed by atoms with E-state index < -0.39 is 15.2 Å². The van der Waals surface area contributed by atoms with Crippen molar-refractivity contribution in [2.24, 2.45) is 0 Å². The summed E-state index contributed by atoms with van der Waals surface area (Å²) in [6.07, 6.45) is 2.93. The molecule has 0 spiro atoms. The van der Waals surface area contributed by atoms with Crippen molar-refractivity contribution >= 4 is 39.0 Å². The van der Waals surface area contributed by atoms with Crippen LogP contribution in [0.15, 0.2) is 6.07 Å². The third kappa shape index (κ3) is 3.77. The van der Waals surface area contributed by atoms with Gasteiger partial charge in [-0.15, -0.1) is 0 Å². The van der Waals surface area contributed by atoms with Gasteiger partial charge in [0.2, 0.25) is 0 Å². The van der Waals surface area contributed by atoms with Crippen LogP contribution in [0.5, 0.6) is 0 Å². The summed E-state index contributed by atoms with van der Waals surface area (Å²) in [6, 6.07) is 1.65. The molecule has 1 aliphatic rings. The maximum Gasteiger partial charge on any atom is 0.169 e. The van der Waals surface area contributed by atoms with Gasteiger partial charge in [0, 0.05) is 36.8 Å². The van der Waals surface area contributed by atoms with E-state index in [0.717, 1.165) is 18.6 Å². The van der Waals surface area contributed by atoms with Crippen molar-refractivity contribution < 1.29 is 8.42 Å². The lowest BCUT2D eigenvalue weighted by Gasteiger charge is -2.35. The number of halogens is 1. The summed E-state index contributed by atoms with van der Waals surface area (Å²) in [5, 5.41) is -0.175. The van der Waals surface area contributed by atoms with E-state index in [1.807, 2.05) is 11.8 Å². The van der Waals surface area contributed by atoms with Crippen LogP contribution in [0.3, 0.4) is 0 Å². The molecule has 0 aliphatic carbocycles. The largest absolute Gasteiger partial charge is 0.338 e. The van der Waals surface area contributed by atoms with Crippen LogP contribution in [0.2, 0.25) is 5.15 Å². The maximum atomic E-state index is 11.9. The number of sulfone groups is 1. The van der Waals surface area contributed by atoms with Gasteiger partial charge in [-0.05, 0) is 6.42 Å². The fourth-order valence-electron chi connectivity index (χ4n) is 2.13. The number of anilines is 1. The summed E-state index contributed by atoms with van der Waals surface area (Å²) in [4.78, 5) is 10.5. The molecule has 1 unspecified atom stereocenters. The van der Waals surface area contributed by atoms with E-state index in [-0.39, 0.29) is 0 Å². The third-order valence-corrected chi connectivity index (χ3v) is 5.91. The summed E-state index contributed by atoms with van der Waals surface area (Å²) in [6.45, 7) is 2.70. The Balaban J connectivity index is 2.37. The lowest BCUT2D eigenvalue weighted by molar-refractivity contribution is 0.583. The van der Waals surface area contributed by atoms with Gasteiger partial charge >= 0.3 is 0 Å². The Hall–Kier alpha value is -0.530. The fraction of sp³-hybridized carbons (Fsp3) is 0.667. The topological polar surface area (TPSA) is 63.2 Å². The highest BCUT2D eigenvalue weighted by molar-refractivity contribution is 8.01. The van der Waals surface area contributed by atoms with E-state index in [0.29, 0.717) is 29.1 Å². The zero-order valence-electron chi connectivity index (χ0n) is 11.5. The van der Waals surface area contributed by atoms with E-state index in [1.165, 1.54) is 6.26 Å². The highest BCUT2D eigenvalue weighted by atomic mass is 35.5. The second kappa shape index (κ2) is 6.49. The first kappa shape index (κ1) is 15.9. The van der Waals surface area contributed by atoms with Crippen LogP contribution in [0.25, 0.3) is 0 Å². The standard InChI is InChI=1S/C12H18ClN3O2S2/c1-3-4-10-14-9(13)7-11(15-10)16-5-6-19-8-12(16)20(2,17)18/h7,12H,3-6,8H2,1-2H3. The molecule has 20 heavy (non-hydrogen) atoms. The lowest BCUT2D eigenvalue weighted by atomic mass is 10.3. The van der Waals surface area contributed by atoms with Gasteiger partial charge in [-0.2, -0.15) is 11.8 Å². The van der Waals surface area contributed by atoms with Gasteiger partial charge in [-0.3, -0.25) is 0 Å². The van der Waals surface area contributed by atoms with Crippen LogP contribution in [0, 0.1) is 0 Å². The molecule has 1 aliphatic heterocycles. The van der Waals surface area contributed by atoms with Crippen molar-refractivity contribution in [3.63, 3.8) is 0 Å². The molecule has 1 fully saturated rings. The normalized spacial score (nSPS) is 20.1. The quantitative estimate of drug-likeness (QED) is 0.784. The molecule has 0 radical (unpaired) electrons. The number of hydrogen-bond acceptors (Lipinski definition) is 6. The minimum absolute atomic E-state index is 0.365. The van der Waals surface area contributed by atoms with Gasteiger partial charge in [-0.1, -0.05) is 18.5 Å². The highest BCUT2D eigenvalue weighted by Crippen LogP contribution is 2.26. The van der Waals surface area contributed by atoms with Crippen LogP contribution in [0.1, 0.15) is 19.2 Å². The smallest absolute Gasteiger partial charge is 0.169 e. The molecule has 2 heterocycles. The van der Waals surface area contributed by atoms with Crippen molar-refractivity contribution in [2.75, 3.05) is 29.2 Å². The van der Waals surface area contributed by atoms with Crippen LogP contribution in [-0.2, 0) is 16.3 Å². The Kier molecular flexibility index (Phi) is 5.14. The molecule has 5 nitrogen and oxygen atoms in total. The van der Waals surface area contributed by atoms with Crippen molar-refractivity contribution in [1.29, 1.82) is 0 Å². The SMILES string of the molecule is CCCc1nc(Cl)cc(N2CCSCC2S(C)(=O)=O)n1. The number of nitrogens with zero attached hydrogens (tertiary/aromatic N) is 3. The second-order valence-corrected chi connectivity index (χ2v) is 8.51. The molecule has 1 aromatic heterocycles. The van der Waals surface area contributed by atoms with Gasteiger partial charge in [-0.25, -0.2) is 18.4 Å². The molecule has 8 heteroatoms. The van der Waals surface area contributed by atoms with Gasteiger partial charge in [0.15, 0.2) is 9.84 Å². The fourth-order valence-corrected chi connectivity index (χ4v) is 5.15. The molecule has 1 saturated heterocycles. The van der Waals surface area contributed by atoms with Crippen molar-refractivity contribution in [3.8, 4) is 0 Å². The number of thioether (sulfide) groups is 1. The molecule has 1 aromatic rings. The average Bonchev–Trinajstić information content (AvgIpc) is 2.37. The van der Waals surface area contributed by atoms with Crippen molar-refractivity contribution in [1.82, 2.24) is 9.97 Å². The molecular weight excluding hydrogens is 318 g/mol. The lowest BCUT2D eigenvalue weighted by Crippen LogP contribution is -2.47. The van der Waals surface area contributed by atoms with E-state index in [4.69, 9.17) is 11.6 Å². The number of hydrogen-bond donors (Lipinski definition) is 0. The second-order valence-electron chi connectivity index (χ2n) is 4.77. The summed E-state index contributed by atoms with van der Waals surface area (Å²) in [5.41, 5.74) is 0. The van der Waals surface area contributed by atoms with Gasteiger partial charge in [0.05, 0.1) is 0 Å². The minimum atomic E-state index is -3.16. The molecule has 0 aromatic carbocycles. The van der Waals surface area contributed by atoms with Crippen LogP contribution >= 0.6 is 23.4 Å². The first-order valence-corrected chi connectivity index (χ1v) is 9.97. The molecule has 1 atom stereocenters. The minimum Gasteiger partial charge on any atom is -0.338 e. The Morgan fingerprint density at radius 3 is 2.90 bits per heavy atom. The van der Waals surface area contributed by atoms with E-state index in [2.05, 4.69) is 9.97 Å². The van der Waals surface area contributed by atoms with Gasteiger partial charge < -0.3 is 4.90 Å². The molecule has 112 valence electrons. The summed E-state index contributed by atoms with van der Waals surface area (Å²) >= 11 is 7.68. The van der Waals surface area contributed by atoms with Crippen LogP contribution < -0.4 is 4.90 Å². The third-order valence-electron chi connectivity index (χ3n) is 3.07. The Bertz CT molecular complexity index is 580. The van der Waals surface area contributed by atoms with Crippen LogP contribution in [-0.4, -0.2) is 48.1 Å². The summed E-state index contributed by atoms with van der Waals surface area (Å²) < 4.78 is 23.9. The first-order valence-electron chi connectivity index (χ1n) is 6.48. The summed E-state index contributed by atoms with van der Waals surface area (Å²) in [7, 11) is -3.16. The molecule has 0 saturated carbocycles. The zero-order chi connectivity index (χ0) is 14.8. The molecule has 0 N–H and O–H groups in total. The Morgan fingerprint density at radius 1 is 1.50 bits per heavy atom. The van der Waals surface area contributed by atoms with Gasteiger partial charge in [0.1, 0.15) is 22.2 Å². The van der Waals surface area contributed by atoms with Crippen LogP contribution in [0.4, 0.5) is 5.82 Å². The van der Waals surface area contributed by atoms with E-state index in [9.17, 15) is 8.42 Å². The highest BCUT2D eigenvalue weighted by Gasteiger charge is 2.32. The number of aryl methyl sites for hydroxylation is 1. The molecular formula is C12H18ClN3O2S2. The van der Waals surface area contributed by atoms with Gasteiger partial charge in [0.25, 0.3) is 0 Å². The van der Waals surface area contributed by atoms with Crippen molar-refractivity contribution in [2.45, 2.75) is 25.1 Å². The number of rotatable bonds is 4. The first-order chi connectivity index (χ1) is 9.41. The average molecular weight is 336 g/mol. The summed E-state index contributed by atoms with van der Waals surface area (Å²) in [5.74, 6) is 2.73. The molecule has 0 bridgehead atoms. The molecule has 0 amide bonds. The van der Waals surface area contributed by atoms with E-state index in [1.54, 1.807) is 17.8 Å². The van der Waals surface area contributed by atoms with E-state index >= 15 is 0 Å². The molecule has 2 rings (SSSR count). The predicted octanol–water partition coefficient (Wildman–Crippen LogP) is 2.01. The monoisotopic (exact) mass is 335 g/mol. The Labute approximate surface area is 129 Å². The van der Waals surface area contributed by atoms with Crippen molar-refractivity contribution in [3.05, 3.63) is 17.0 Å². The zero-order valence-corrected chi connectivity index (χ0v) is 13.9. The number of aromatic nitrogens is 2. The predicted molar refractivity (Wildman–Crippen MR) is 84.3 cm³/mol.